The number of halogens is 4. The number of alkyl halides is 3. The highest BCUT2D eigenvalue weighted by Crippen LogP contribution is 2.32. The lowest BCUT2D eigenvalue weighted by atomic mass is 10.0. The van der Waals surface area contributed by atoms with Gasteiger partial charge in [-0.3, -0.25) is 4.79 Å². The lowest BCUT2D eigenvalue weighted by Crippen LogP contribution is -2.50. The van der Waals surface area contributed by atoms with Gasteiger partial charge in [-0.25, -0.2) is 0 Å². The van der Waals surface area contributed by atoms with Gasteiger partial charge in [-0.05, 0) is 43.0 Å². The van der Waals surface area contributed by atoms with Gasteiger partial charge in [0.2, 0.25) is 5.91 Å². The molecule has 0 aliphatic carbocycles. The van der Waals surface area contributed by atoms with Crippen LogP contribution in [0, 0.1) is 0 Å². The Balaban J connectivity index is 2.09. The fourth-order valence-corrected chi connectivity index (χ4v) is 2.50. The van der Waals surface area contributed by atoms with Crippen LogP contribution in [0.25, 0.3) is 6.08 Å². The van der Waals surface area contributed by atoms with E-state index in [0.717, 1.165) is 4.90 Å². The number of benzene rings is 1. The zero-order valence-corrected chi connectivity index (χ0v) is 12.0. The molecule has 1 aliphatic rings. The van der Waals surface area contributed by atoms with Gasteiger partial charge in [-0.2, -0.15) is 13.2 Å². The Bertz CT molecular complexity index is 525. The molecule has 1 fully saturated rings. The highest BCUT2D eigenvalue weighted by molar-refractivity contribution is 6.30. The van der Waals surface area contributed by atoms with Gasteiger partial charge in [-0.1, -0.05) is 23.7 Å². The summed E-state index contributed by atoms with van der Waals surface area (Å²) in [5, 5.41) is 0.562. The monoisotopic (exact) mass is 317 g/mol. The van der Waals surface area contributed by atoms with Gasteiger partial charge in [0.05, 0.1) is 0 Å². The van der Waals surface area contributed by atoms with E-state index >= 15 is 0 Å². The minimum absolute atomic E-state index is 0.0238. The highest BCUT2D eigenvalue weighted by Gasteiger charge is 2.45. The minimum atomic E-state index is -4.37. The molecule has 1 aliphatic heterocycles. The largest absolute Gasteiger partial charge is 0.408 e. The van der Waals surface area contributed by atoms with Crippen LogP contribution < -0.4 is 0 Å². The molecule has 0 N–H and O–H groups in total. The number of amides is 1. The van der Waals surface area contributed by atoms with Crippen molar-refractivity contribution in [3.05, 3.63) is 40.9 Å². The average Bonchev–Trinajstić information content (AvgIpc) is 2.45. The fourth-order valence-electron chi connectivity index (χ4n) is 2.37. The first-order valence-electron chi connectivity index (χ1n) is 6.69. The van der Waals surface area contributed by atoms with Crippen LogP contribution in [0.15, 0.2) is 30.3 Å². The van der Waals surface area contributed by atoms with Gasteiger partial charge in [0.15, 0.2) is 0 Å². The smallest absolute Gasteiger partial charge is 0.327 e. The van der Waals surface area contributed by atoms with E-state index in [1.807, 2.05) is 0 Å². The molecular formula is C15H15ClF3NO. The van der Waals surface area contributed by atoms with Crippen molar-refractivity contribution in [1.29, 1.82) is 0 Å². The second kappa shape index (κ2) is 6.52. The molecule has 1 saturated heterocycles. The molecule has 0 aromatic heterocycles. The van der Waals surface area contributed by atoms with E-state index in [0.29, 0.717) is 23.4 Å². The topological polar surface area (TPSA) is 20.3 Å². The molecule has 1 heterocycles. The number of likely N-dealkylation sites (tertiary alicyclic amines) is 1. The van der Waals surface area contributed by atoms with E-state index in [1.54, 1.807) is 24.3 Å². The summed E-state index contributed by atoms with van der Waals surface area (Å²) in [6.07, 6.45) is -0.607. The maximum atomic E-state index is 12.9. The molecule has 114 valence electrons. The maximum Gasteiger partial charge on any atom is 0.408 e. The number of piperidine rings is 1. The lowest BCUT2D eigenvalue weighted by Gasteiger charge is -2.36. The summed E-state index contributed by atoms with van der Waals surface area (Å²) in [7, 11) is 0. The molecule has 1 unspecified atom stereocenters. The minimum Gasteiger partial charge on any atom is -0.327 e. The quantitative estimate of drug-likeness (QED) is 0.745. The van der Waals surface area contributed by atoms with Gasteiger partial charge >= 0.3 is 6.18 Å². The molecule has 0 saturated carbocycles. The molecule has 1 amide bonds. The standard InChI is InChI=1S/C15H15ClF3NO/c16-12-7-4-11(5-8-12)6-9-14(21)20-10-2-1-3-13(20)15(17,18)19/h4-9,13H,1-3,10H2/b9-6+. The fraction of sp³-hybridized carbons (Fsp3) is 0.400. The number of carbonyl (C=O) groups is 1. The SMILES string of the molecule is O=C(/C=C/c1ccc(Cl)cc1)N1CCCCC1C(F)(F)F. The van der Waals surface area contributed by atoms with Crippen molar-refractivity contribution < 1.29 is 18.0 Å². The molecule has 1 atom stereocenters. The third-order valence-electron chi connectivity index (χ3n) is 3.45. The summed E-state index contributed by atoms with van der Waals surface area (Å²) in [4.78, 5) is 12.9. The molecule has 21 heavy (non-hydrogen) atoms. The third kappa shape index (κ3) is 4.24. The van der Waals surface area contributed by atoms with E-state index in [-0.39, 0.29) is 13.0 Å². The van der Waals surface area contributed by atoms with Crippen molar-refractivity contribution in [2.45, 2.75) is 31.5 Å². The van der Waals surface area contributed by atoms with Crippen molar-refractivity contribution >= 4 is 23.6 Å². The lowest BCUT2D eigenvalue weighted by molar-refractivity contribution is -0.193. The van der Waals surface area contributed by atoms with Crippen LogP contribution >= 0.6 is 11.6 Å². The Morgan fingerprint density at radius 3 is 2.52 bits per heavy atom. The maximum absolute atomic E-state index is 12.9. The Morgan fingerprint density at radius 2 is 1.90 bits per heavy atom. The average molecular weight is 318 g/mol. The van der Waals surface area contributed by atoms with E-state index in [9.17, 15) is 18.0 Å². The van der Waals surface area contributed by atoms with E-state index < -0.39 is 18.1 Å². The number of carbonyl (C=O) groups excluding carboxylic acids is 1. The summed E-state index contributed by atoms with van der Waals surface area (Å²) in [5.74, 6) is -0.605. The number of rotatable bonds is 2. The number of hydrogen-bond acceptors (Lipinski definition) is 1. The molecule has 0 spiro atoms. The molecule has 2 nitrogen and oxygen atoms in total. The van der Waals surface area contributed by atoms with Crippen LogP contribution in [-0.4, -0.2) is 29.6 Å². The molecule has 2 rings (SSSR count). The van der Waals surface area contributed by atoms with Gasteiger partial charge in [0.25, 0.3) is 0 Å². The molecule has 6 heteroatoms. The summed E-state index contributed by atoms with van der Waals surface area (Å²) in [5.41, 5.74) is 0.716. The summed E-state index contributed by atoms with van der Waals surface area (Å²) in [6.45, 7) is 0.147. The van der Waals surface area contributed by atoms with Crippen LogP contribution in [0.1, 0.15) is 24.8 Å². The van der Waals surface area contributed by atoms with Crippen molar-refractivity contribution in [3.8, 4) is 0 Å². The molecule has 1 aromatic carbocycles. The molecule has 0 bridgehead atoms. The van der Waals surface area contributed by atoms with Crippen molar-refractivity contribution in [1.82, 2.24) is 4.90 Å². The van der Waals surface area contributed by atoms with Crippen molar-refractivity contribution in [2.75, 3.05) is 6.54 Å². The zero-order valence-electron chi connectivity index (χ0n) is 11.2. The van der Waals surface area contributed by atoms with Gasteiger partial charge in [-0.15, -0.1) is 0 Å². The predicted octanol–water partition coefficient (Wildman–Crippen LogP) is 4.30. The molecular weight excluding hydrogens is 303 g/mol. The third-order valence-corrected chi connectivity index (χ3v) is 3.70. The first-order chi connectivity index (χ1) is 9.88. The van der Waals surface area contributed by atoms with E-state index in [2.05, 4.69) is 0 Å². The zero-order chi connectivity index (χ0) is 15.5. The van der Waals surface area contributed by atoms with E-state index in [1.165, 1.54) is 12.2 Å². The first kappa shape index (κ1) is 15.9. The summed E-state index contributed by atoms with van der Waals surface area (Å²) < 4.78 is 38.8. The Hall–Kier alpha value is -1.49. The van der Waals surface area contributed by atoms with Gasteiger partial charge in [0, 0.05) is 17.6 Å². The van der Waals surface area contributed by atoms with E-state index in [4.69, 9.17) is 11.6 Å². The van der Waals surface area contributed by atoms with Crippen LogP contribution in [0.2, 0.25) is 5.02 Å². The normalized spacial score (nSPS) is 20.0. The van der Waals surface area contributed by atoms with Crippen LogP contribution in [-0.2, 0) is 4.79 Å². The predicted molar refractivity (Wildman–Crippen MR) is 75.9 cm³/mol. The van der Waals surface area contributed by atoms with Crippen molar-refractivity contribution in [3.63, 3.8) is 0 Å². The molecule has 1 aromatic rings. The Labute approximate surface area is 126 Å². The van der Waals surface area contributed by atoms with Crippen LogP contribution in [0.3, 0.4) is 0 Å². The van der Waals surface area contributed by atoms with Crippen molar-refractivity contribution in [2.24, 2.45) is 0 Å². The van der Waals surface area contributed by atoms with Gasteiger partial charge in [0.1, 0.15) is 6.04 Å². The summed E-state index contributed by atoms with van der Waals surface area (Å²) in [6, 6.07) is 5.04. The first-order valence-corrected chi connectivity index (χ1v) is 7.07. The molecule has 0 radical (unpaired) electrons. The van der Waals surface area contributed by atoms with Crippen LogP contribution in [0.4, 0.5) is 13.2 Å². The second-order valence-corrected chi connectivity index (χ2v) is 5.41. The Kier molecular flexibility index (Phi) is 4.93. The number of hydrogen-bond donors (Lipinski definition) is 0. The second-order valence-electron chi connectivity index (χ2n) is 4.97. The van der Waals surface area contributed by atoms with Gasteiger partial charge < -0.3 is 4.90 Å². The highest BCUT2D eigenvalue weighted by atomic mass is 35.5. The Morgan fingerprint density at radius 1 is 1.24 bits per heavy atom. The summed E-state index contributed by atoms with van der Waals surface area (Å²) >= 11 is 5.74. The van der Waals surface area contributed by atoms with Crippen LogP contribution in [0.5, 0.6) is 0 Å². The number of nitrogens with zero attached hydrogens (tertiary/aromatic N) is 1.